The van der Waals surface area contributed by atoms with Gasteiger partial charge in [0.2, 0.25) is 10.0 Å². The van der Waals surface area contributed by atoms with Crippen LogP contribution in [0.25, 0.3) is 0 Å². The van der Waals surface area contributed by atoms with Gasteiger partial charge in [-0.25, -0.2) is 13.1 Å². The summed E-state index contributed by atoms with van der Waals surface area (Å²) in [6.45, 7) is 8.29. The minimum atomic E-state index is -3.43. The van der Waals surface area contributed by atoms with Crippen molar-refractivity contribution in [2.45, 2.75) is 37.9 Å². The summed E-state index contributed by atoms with van der Waals surface area (Å²) in [5, 5.41) is 1.64. The van der Waals surface area contributed by atoms with Crippen molar-refractivity contribution in [3.8, 4) is 0 Å². The van der Waals surface area contributed by atoms with Gasteiger partial charge in [0.05, 0.1) is 0 Å². The molecule has 3 N–H and O–H groups in total. The lowest BCUT2D eigenvalue weighted by molar-refractivity contribution is 0.457. The van der Waals surface area contributed by atoms with E-state index in [2.05, 4.69) is 32.4 Å². The van der Waals surface area contributed by atoms with Gasteiger partial charge in [-0.2, -0.15) is 0 Å². The molecular weight excluding hydrogens is 256 g/mol. The van der Waals surface area contributed by atoms with E-state index in [0.717, 1.165) is 11.3 Å². The summed E-state index contributed by atoms with van der Waals surface area (Å²) >= 11 is 1.15. The molecule has 0 radical (unpaired) electrons. The number of nitrogens with two attached hydrogens (primary N) is 1. The molecule has 2 rings (SSSR count). The summed E-state index contributed by atoms with van der Waals surface area (Å²) in [7, 11) is -3.43. The molecule has 6 heteroatoms. The Labute approximate surface area is 106 Å². The summed E-state index contributed by atoms with van der Waals surface area (Å²) in [6.07, 6.45) is 0. The molecule has 1 fully saturated rings. The molecule has 0 bridgehead atoms. The Morgan fingerprint density at radius 1 is 1.29 bits per heavy atom. The monoisotopic (exact) mass is 274 g/mol. The molecule has 1 heterocycles. The van der Waals surface area contributed by atoms with Gasteiger partial charge < -0.3 is 5.73 Å². The first-order valence-corrected chi connectivity index (χ1v) is 7.81. The topological polar surface area (TPSA) is 72.2 Å². The highest BCUT2D eigenvalue weighted by Crippen LogP contribution is 2.63. The van der Waals surface area contributed by atoms with E-state index in [1.807, 2.05) is 0 Å². The van der Waals surface area contributed by atoms with Crippen molar-refractivity contribution >= 4 is 27.0 Å². The minimum absolute atomic E-state index is 0.0110. The zero-order valence-electron chi connectivity index (χ0n) is 10.4. The van der Waals surface area contributed by atoms with Gasteiger partial charge in [0.25, 0.3) is 0 Å². The molecule has 0 saturated heterocycles. The van der Waals surface area contributed by atoms with Gasteiger partial charge in [0.15, 0.2) is 0 Å². The zero-order chi connectivity index (χ0) is 13.1. The second-order valence-electron chi connectivity index (χ2n) is 5.70. The number of hydrogen-bond donors (Lipinski definition) is 2. The van der Waals surface area contributed by atoms with Crippen LogP contribution in [0.2, 0.25) is 0 Å². The molecule has 1 aliphatic carbocycles. The van der Waals surface area contributed by atoms with Gasteiger partial charge in [-0.1, -0.05) is 27.7 Å². The smallest absolute Gasteiger partial charge is 0.250 e. The number of nitrogen functional groups attached to an aromatic ring is 1. The van der Waals surface area contributed by atoms with Crippen LogP contribution in [0.1, 0.15) is 27.7 Å². The fraction of sp³-hybridized carbons (Fsp3) is 0.636. The van der Waals surface area contributed by atoms with E-state index in [4.69, 9.17) is 5.73 Å². The van der Waals surface area contributed by atoms with E-state index in [1.165, 1.54) is 6.07 Å². The molecular formula is C11H18N2O2S2. The number of hydrogen-bond acceptors (Lipinski definition) is 4. The third-order valence-corrected chi connectivity index (χ3v) is 7.03. The predicted molar refractivity (Wildman–Crippen MR) is 70.4 cm³/mol. The molecule has 0 unspecified atom stereocenters. The maximum atomic E-state index is 12.1. The first-order valence-electron chi connectivity index (χ1n) is 5.45. The van der Waals surface area contributed by atoms with Gasteiger partial charge in [-0.05, 0) is 16.9 Å². The van der Waals surface area contributed by atoms with Crippen LogP contribution in [-0.4, -0.2) is 14.5 Å². The van der Waals surface area contributed by atoms with Crippen LogP contribution in [-0.2, 0) is 10.0 Å². The zero-order valence-corrected chi connectivity index (χ0v) is 12.1. The molecule has 1 aliphatic rings. The van der Waals surface area contributed by atoms with Gasteiger partial charge in [-0.3, -0.25) is 0 Å². The molecule has 0 aromatic carbocycles. The van der Waals surface area contributed by atoms with E-state index in [0.29, 0.717) is 5.69 Å². The van der Waals surface area contributed by atoms with Gasteiger partial charge >= 0.3 is 0 Å². The van der Waals surface area contributed by atoms with Crippen LogP contribution in [0.15, 0.2) is 15.7 Å². The summed E-state index contributed by atoms with van der Waals surface area (Å²) in [5.41, 5.74) is 6.01. The number of nitrogens with one attached hydrogen (secondary N) is 1. The van der Waals surface area contributed by atoms with Crippen molar-refractivity contribution in [1.82, 2.24) is 4.72 Å². The Hall–Kier alpha value is -0.590. The van der Waals surface area contributed by atoms with Crippen LogP contribution < -0.4 is 10.5 Å². The summed E-state index contributed by atoms with van der Waals surface area (Å²) in [4.78, 5) is 0. The summed E-state index contributed by atoms with van der Waals surface area (Å²) < 4.78 is 27.3. The average molecular weight is 274 g/mol. The summed E-state index contributed by atoms with van der Waals surface area (Å²) in [5.74, 6) is 0. The molecule has 1 aromatic heterocycles. The van der Waals surface area contributed by atoms with Crippen LogP contribution in [0, 0.1) is 10.8 Å². The van der Waals surface area contributed by atoms with E-state index in [1.54, 1.807) is 5.38 Å². The van der Waals surface area contributed by atoms with Crippen molar-refractivity contribution in [3.05, 3.63) is 11.4 Å². The largest absolute Gasteiger partial charge is 0.398 e. The van der Waals surface area contributed by atoms with Crippen LogP contribution in [0.5, 0.6) is 0 Å². The lowest BCUT2D eigenvalue weighted by atomic mass is 10.0. The van der Waals surface area contributed by atoms with Crippen molar-refractivity contribution in [2.75, 3.05) is 5.73 Å². The number of thiophene rings is 1. The number of rotatable bonds is 3. The molecule has 0 spiro atoms. The van der Waals surface area contributed by atoms with Crippen molar-refractivity contribution < 1.29 is 8.42 Å². The Kier molecular flexibility index (Phi) is 2.62. The number of anilines is 1. The molecule has 4 nitrogen and oxygen atoms in total. The van der Waals surface area contributed by atoms with Gasteiger partial charge in [-0.15, -0.1) is 11.3 Å². The Morgan fingerprint density at radius 2 is 1.82 bits per heavy atom. The Bertz CT molecular complexity index is 530. The lowest BCUT2D eigenvalue weighted by Crippen LogP contribution is -2.29. The summed E-state index contributed by atoms with van der Waals surface area (Å²) in [6, 6.07) is 1.47. The third kappa shape index (κ3) is 1.88. The van der Waals surface area contributed by atoms with Crippen LogP contribution in [0.4, 0.5) is 5.69 Å². The van der Waals surface area contributed by atoms with E-state index in [-0.39, 0.29) is 21.1 Å². The maximum absolute atomic E-state index is 12.1. The second-order valence-corrected chi connectivity index (χ2v) is 8.55. The highest BCUT2D eigenvalue weighted by molar-refractivity contribution is 7.91. The quantitative estimate of drug-likeness (QED) is 0.886. The van der Waals surface area contributed by atoms with Crippen molar-refractivity contribution in [1.29, 1.82) is 0 Å². The molecule has 17 heavy (non-hydrogen) atoms. The first-order chi connectivity index (χ1) is 7.59. The van der Waals surface area contributed by atoms with Crippen LogP contribution >= 0.6 is 11.3 Å². The normalized spacial score (nSPS) is 22.6. The van der Waals surface area contributed by atoms with E-state index < -0.39 is 10.0 Å². The fourth-order valence-corrected chi connectivity index (χ4v) is 4.80. The highest BCUT2D eigenvalue weighted by atomic mass is 32.2. The lowest BCUT2D eigenvalue weighted by Gasteiger charge is -2.05. The van der Waals surface area contributed by atoms with Gasteiger partial charge in [0.1, 0.15) is 4.21 Å². The first kappa shape index (κ1) is 12.9. The van der Waals surface area contributed by atoms with Crippen molar-refractivity contribution in [2.24, 2.45) is 10.8 Å². The fourth-order valence-electron chi connectivity index (χ4n) is 2.18. The van der Waals surface area contributed by atoms with E-state index >= 15 is 0 Å². The molecule has 0 amide bonds. The highest BCUT2D eigenvalue weighted by Gasteiger charge is 2.66. The second kappa shape index (κ2) is 3.46. The maximum Gasteiger partial charge on any atom is 0.250 e. The molecule has 0 atom stereocenters. The predicted octanol–water partition coefficient (Wildman–Crippen LogP) is 2.04. The molecule has 1 saturated carbocycles. The van der Waals surface area contributed by atoms with Crippen LogP contribution in [0.3, 0.4) is 0 Å². The van der Waals surface area contributed by atoms with E-state index in [9.17, 15) is 8.42 Å². The molecule has 0 aliphatic heterocycles. The standard InChI is InChI=1S/C11H18N2O2S2/c1-10(2)9(11(10,3)4)13-17(14,15)8-5-7(12)6-16-8/h5-6,9,13H,12H2,1-4H3. The molecule has 96 valence electrons. The number of sulfonamides is 1. The molecule has 1 aromatic rings. The third-order valence-electron chi connectivity index (χ3n) is 4.15. The van der Waals surface area contributed by atoms with Gasteiger partial charge in [0, 0.05) is 17.1 Å². The Morgan fingerprint density at radius 3 is 2.18 bits per heavy atom. The van der Waals surface area contributed by atoms with Crippen molar-refractivity contribution in [3.63, 3.8) is 0 Å². The minimum Gasteiger partial charge on any atom is -0.398 e. The SMILES string of the molecule is CC1(C)C(NS(=O)(=O)c2cc(N)cs2)C1(C)C. The average Bonchev–Trinajstić information content (AvgIpc) is 2.59. The Balaban J connectivity index is 2.21.